The first kappa shape index (κ1) is 17.2. The highest BCUT2D eigenvalue weighted by molar-refractivity contribution is 5.65. The SMILES string of the molecule is CCc1cccc(CC)c1Nc1ccnc(NCCCOC)n1. The van der Waals surface area contributed by atoms with Gasteiger partial charge in [0.1, 0.15) is 5.82 Å². The molecule has 0 spiro atoms. The number of ether oxygens (including phenoxy) is 1. The average molecular weight is 314 g/mol. The Labute approximate surface area is 138 Å². The number of aromatic nitrogens is 2. The van der Waals surface area contributed by atoms with Crippen LogP contribution in [0.4, 0.5) is 17.5 Å². The van der Waals surface area contributed by atoms with E-state index in [1.807, 2.05) is 6.07 Å². The number of para-hydroxylation sites is 1. The second-order valence-corrected chi connectivity index (χ2v) is 5.32. The molecule has 0 saturated heterocycles. The number of hydrogen-bond acceptors (Lipinski definition) is 5. The molecule has 2 aromatic rings. The zero-order valence-electron chi connectivity index (χ0n) is 14.2. The Morgan fingerprint density at radius 2 is 1.83 bits per heavy atom. The largest absolute Gasteiger partial charge is 0.385 e. The second-order valence-electron chi connectivity index (χ2n) is 5.32. The molecular formula is C18H26N4O. The van der Waals surface area contributed by atoms with Gasteiger partial charge < -0.3 is 15.4 Å². The number of anilines is 3. The molecule has 1 heterocycles. The summed E-state index contributed by atoms with van der Waals surface area (Å²) in [5, 5.41) is 6.69. The van der Waals surface area contributed by atoms with Crippen LogP contribution in [0.2, 0.25) is 0 Å². The minimum Gasteiger partial charge on any atom is -0.385 e. The van der Waals surface area contributed by atoms with E-state index in [1.165, 1.54) is 16.8 Å². The van der Waals surface area contributed by atoms with Crippen LogP contribution < -0.4 is 10.6 Å². The van der Waals surface area contributed by atoms with Gasteiger partial charge in [-0.1, -0.05) is 32.0 Å². The molecule has 1 aromatic carbocycles. The smallest absolute Gasteiger partial charge is 0.224 e. The van der Waals surface area contributed by atoms with Gasteiger partial charge in [0.25, 0.3) is 0 Å². The molecule has 23 heavy (non-hydrogen) atoms. The molecule has 0 radical (unpaired) electrons. The van der Waals surface area contributed by atoms with Crippen LogP contribution >= 0.6 is 0 Å². The third-order valence-electron chi connectivity index (χ3n) is 3.72. The summed E-state index contributed by atoms with van der Waals surface area (Å²) in [5.74, 6) is 1.45. The zero-order chi connectivity index (χ0) is 16.5. The third-order valence-corrected chi connectivity index (χ3v) is 3.72. The Morgan fingerprint density at radius 1 is 1.09 bits per heavy atom. The molecule has 0 aliphatic heterocycles. The maximum absolute atomic E-state index is 5.04. The molecule has 124 valence electrons. The lowest BCUT2D eigenvalue weighted by molar-refractivity contribution is 0.197. The van der Waals surface area contributed by atoms with E-state index in [4.69, 9.17) is 4.74 Å². The van der Waals surface area contributed by atoms with E-state index in [-0.39, 0.29) is 0 Å². The van der Waals surface area contributed by atoms with Crippen molar-refractivity contribution >= 4 is 17.5 Å². The summed E-state index contributed by atoms with van der Waals surface area (Å²) in [7, 11) is 1.71. The number of methoxy groups -OCH3 is 1. The lowest BCUT2D eigenvalue weighted by Gasteiger charge is -2.15. The van der Waals surface area contributed by atoms with Crippen LogP contribution in [0.25, 0.3) is 0 Å². The number of nitrogens with zero attached hydrogens (tertiary/aromatic N) is 2. The summed E-state index contributed by atoms with van der Waals surface area (Å²) in [6.45, 7) is 5.86. The Kier molecular flexibility index (Phi) is 6.81. The topological polar surface area (TPSA) is 59.1 Å². The number of benzene rings is 1. The van der Waals surface area contributed by atoms with Crippen molar-refractivity contribution in [3.8, 4) is 0 Å². The van der Waals surface area contributed by atoms with Gasteiger partial charge in [-0.05, 0) is 36.5 Å². The van der Waals surface area contributed by atoms with E-state index < -0.39 is 0 Å². The van der Waals surface area contributed by atoms with Gasteiger partial charge in [0, 0.05) is 32.1 Å². The molecule has 2 N–H and O–H groups in total. The van der Waals surface area contributed by atoms with Gasteiger partial charge in [-0.15, -0.1) is 0 Å². The fourth-order valence-electron chi connectivity index (χ4n) is 2.46. The average Bonchev–Trinajstić information content (AvgIpc) is 2.59. The van der Waals surface area contributed by atoms with Crippen LogP contribution in [-0.4, -0.2) is 30.2 Å². The van der Waals surface area contributed by atoms with Crippen LogP contribution in [0.15, 0.2) is 30.5 Å². The number of aryl methyl sites for hydroxylation is 2. The quantitative estimate of drug-likeness (QED) is 0.690. The predicted octanol–water partition coefficient (Wildman–Crippen LogP) is 3.79. The van der Waals surface area contributed by atoms with Crippen LogP contribution in [0.3, 0.4) is 0 Å². The summed E-state index contributed by atoms with van der Waals surface area (Å²) in [4.78, 5) is 8.80. The molecule has 0 aliphatic rings. The van der Waals surface area contributed by atoms with Gasteiger partial charge in [-0.2, -0.15) is 4.98 Å². The van der Waals surface area contributed by atoms with Crippen molar-refractivity contribution < 1.29 is 4.74 Å². The third kappa shape index (κ3) is 4.93. The van der Waals surface area contributed by atoms with Crippen molar-refractivity contribution in [2.45, 2.75) is 33.1 Å². The molecule has 0 bridgehead atoms. The number of hydrogen-bond donors (Lipinski definition) is 2. The van der Waals surface area contributed by atoms with E-state index in [0.717, 1.165) is 38.2 Å². The molecular weight excluding hydrogens is 288 g/mol. The number of rotatable bonds is 9. The first-order valence-electron chi connectivity index (χ1n) is 8.22. The Balaban J connectivity index is 2.11. The van der Waals surface area contributed by atoms with Crippen molar-refractivity contribution in [2.24, 2.45) is 0 Å². The van der Waals surface area contributed by atoms with Gasteiger partial charge in [0.15, 0.2) is 0 Å². The molecule has 5 nitrogen and oxygen atoms in total. The predicted molar refractivity (Wildman–Crippen MR) is 95.5 cm³/mol. The van der Waals surface area contributed by atoms with Gasteiger partial charge >= 0.3 is 0 Å². The Bertz CT molecular complexity index is 593. The summed E-state index contributed by atoms with van der Waals surface area (Å²) < 4.78 is 5.04. The lowest BCUT2D eigenvalue weighted by Crippen LogP contribution is -2.09. The molecule has 0 unspecified atom stereocenters. The van der Waals surface area contributed by atoms with Crippen LogP contribution in [0.1, 0.15) is 31.4 Å². The highest BCUT2D eigenvalue weighted by Gasteiger charge is 2.07. The first-order chi connectivity index (χ1) is 11.3. The van der Waals surface area contributed by atoms with E-state index in [2.05, 4.69) is 52.6 Å². The summed E-state index contributed by atoms with van der Waals surface area (Å²) in [6.07, 6.45) is 4.68. The van der Waals surface area contributed by atoms with E-state index in [1.54, 1.807) is 13.3 Å². The zero-order valence-corrected chi connectivity index (χ0v) is 14.2. The normalized spacial score (nSPS) is 10.6. The van der Waals surface area contributed by atoms with Gasteiger partial charge in [0.2, 0.25) is 5.95 Å². The van der Waals surface area contributed by atoms with Gasteiger partial charge in [-0.3, -0.25) is 0 Å². The molecule has 0 saturated carbocycles. The van der Waals surface area contributed by atoms with Gasteiger partial charge in [-0.25, -0.2) is 4.98 Å². The molecule has 1 aromatic heterocycles. The molecule has 0 aliphatic carbocycles. The highest BCUT2D eigenvalue weighted by atomic mass is 16.5. The number of nitrogens with one attached hydrogen (secondary N) is 2. The standard InChI is InChI=1S/C18H26N4O/c1-4-14-8-6-9-15(5-2)17(14)21-16-10-12-20-18(22-16)19-11-7-13-23-3/h6,8-10,12H,4-5,7,11,13H2,1-3H3,(H2,19,20,21,22). The van der Waals surface area contributed by atoms with E-state index in [0.29, 0.717) is 5.95 Å². The maximum atomic E-state index is 5.04. The second kappa shape index (κ2) is 9.10. The fraction of sp³-hybridized carbons (Fsp3) is 0.444. The molecule has 2 rings (SSSR count). The Morgan fingerprint density at radius 3 is 2.48 bits per heavy atom. The lowest BCUT2D eigenvalue weighted by atomic mass is 10.0. The van der Waals surface area contributed by atoms with Crippen molar-refractivity contribution in [2.75, 3.05) is 30.9 Å². The molecule has 0 amide bonds. The summed E-state index contributed by atoms with van der Waals surface area (Å²) in [6, 6.07) is 8.33. The van der Waals surface area contributed by atoms with Crippen molar-refractivity contribution in [3.63, 3.8) is 0 Å². The summed E-state index contributed by atoms with van der Waals surface area (Å²) >= 11 is 0. The fourth-order valence-corrected chi connectivity index (χ4v) is 2.46. The van der Waals surface area contributed by atoms with E-state index >= 15 is 0 Å². The van der Waals surface area contributed by atoms with Crippen molar-refractivity contribution in [1.29, 1.82) is 0 Å². The van der Waals surface area contributed by atoms with Crippen LogP contribution in [0.5, 0.6) is 0 Å². The molecule has 0 atom stereocenters. The molecule has 0 fully saturated rings. The van der Waals surface area contributed by atoms with Crippen molar-refractivity contribution in [3.05, 3.63) is 41.6 Å². The van der Waals surface area contributed by atoms with E-state index in [9.17, 15) is 0 Å². The van der Waals surface area contributed by atoms with Crippen molar-refractivity contribution in [1.82, 2.24) is 9.97 Å². The Hall–Kier alpha value is -2.14. The molecule has 5 heteroatoms. The monoisotopic (exact) mass is 314 g/mol. The minimum absolute atomic E-state index is 0.637. The van der Waals surface area contributed by atoms with Crippen LogP contribution in [-0.2, 0) is 17.6 Å². The highest BCUT2D eigenvalue weighted by Crippen LogP contribution is 2.25. The minimum atomic E-state index is 0.637. The summed E-state index contributed by atoms with van der Waals surface area (Å²) in [5.41, 5.74) is 3.77. The van der Waals surface area contributed by atoms with Crippen LogP contribution in [0, 0.1) is 0 Å². The maximum Gasteiger partial charge on any atom is 0.224 e. The first-order valence-corrected chi connectivity index (χ1v) is 8.22. The van der Waals surface area contributed by atoms with Gasteiger partial charge in [0.05, 0.1) is 0 Å².